The molecular formula is C11H17N3OS. The molecule has 0 saturated carbocycles. The molecule has 0 spiro atoms. The number of amides is 1. The maximum Gasteiger partial charge on any atom is 0.230 e. The Morgan fingerprint density at radius 1 is 1.56 bits per heavy atom. The molecule has 0 radical (unpaired) electrons. The van der Waals surface area contributed by atoms with Gasteiger partial charge in [-0.3, -0.25) is 4.79 Å². The van der Waals surface area contributed by atoms with E-state index in [1.165, 1.54) is 12.1 Å². The van der Waals surface area contributed by atoms with Gasteiger partial charge in [-0.2, -0.15) is 0 Å². The van der Waals surface area contributed by atoms with E-state index in [-0.39, 0.29) is 11.7 Å². The minimum absolute atomic E-state index is 0.0906. The highest BCUT2D eigenvalue weighted by Gasteiger charge is 2.21. The number of pyridine rings is 1. The van der Waals surface area contributed by atoms with Gasteiger partial charge >= 0.3 is 0 Å². The third-order valence-electron chi connectivity index (χ3n) is 1.92. The van der Waals surface area contributed by atoms with Gasteiger partial charge in [-0.1, -0.05) is 20.8 Å². The number of nitrogen functional groups attached to an aromatic ring is 1. The van der Waals surface area contributed by atoms with E-state index in [4.69, 9.17) is 9.85 Å². The summed E-state index contributed by atoms with van der Waals surface area (Å²) in [4.78, 5) is 16.1. The molecule has 0 saturated heterocycles. The van der Waals surface area contributed by atoms with E-state index in [9.17, 15) is 4.79 Å². The number of rotatable bonds is 2. The summed E-state index contributed by atoms with van der Waals surface area (Å²) in [7, 11) is 0. The number of carbonyl (C=O) groups excluding carboxylic acids is 1. The second kappa shape index (κ2) is 4.74. The van der Waals surface area contributed by atoms with Crippen LogP contribution in [0.2, 0.25) is 0 Å². The average molecular weight is 242 g/mol. The maximum absolute atomic E-state index is 11.8. The molecule has 0 aromatic carbocycles. The second-order valence-electron chi connectivity index (χ2n) is 4.39. The molecule has 3 N–H and O–H groups in total. The fourth-order valence-corrected chi connectivity index (χ4v) is 1.21. The quantitative estimate of drug-likeness (QED) is 0.781. The number of nitrogens with two attached hydrogens (primary N) is 1. The van der Waals surface area contributed by atoms with E-state index in [1.807, 2.05) is 0 Å². The highest BCUT2D eigenvalue weighted by atomic mass is 32.2. The topological polar surface area (TPSA) is 68.0 Å². The maximum atomic E-state index is 11.8. The van der Waals surface area contributed by atoms with Gasteiger partial charge in [0.05, 0.1) is 0 Å². The molecular weight excluding hydrogens is 222 g/mol. The predicted molar refractivity (Wildman–Crippen MR) is 68.5 cm³/mol. The standard InChI is InChI=1S/C11H17N3OS/c1-11(2,3)10(15)14-8-6-5-7(16-4)9(12)13-8/h5-6H,1-4H3,(H3,12,13,14,15)/i4D3. The first-order chi connectivity index (χ1) is 8.49. The van der Waals surface area contributed by atoms with Crippen LogP contribution in [0.15, 0.2) is 17.0 Å². The summed E-state index contributed by atoms with van der Waals surface area (Å²) >= 11 is 0.660. The van der Waals surface area contributed by atoms with Crippen molar-refractivity contribution in [2.45, 2.75) is 25.7 Å². The molecule has 0 atom stereocenters. The lowest BCUT2D eigenvalue weighted by atomic mass is 9.96. The van der Waals surface area contributed by atoms with Crippen LogP contribution in [-0.4, -0.2) is 17.1 Å². The Kier molecular flexibility index (Phi) is 2.63. The zero-order valence-electron chi connectivity index (χ0n) is 12.5. The summed E-state index contributed by atoms with van der Waals surface area (Å²) in [5.74, 6) is 0.218. The van der Waals surface area contributed by atoms with Gasteiger partial charge in [0.1, 0.15) is 11.6 Å². The number of thioether (sulfide) groups is 1. The van der Waals surface area contributed by atoms with Gasteiger partial charge in [-0.15, -0.1) is 11.8 Å². The van der Waals surface area contributed by atoms with E-state index in [0.717, 1.165) is 0 Å². The first kappa shape index (κ1) is 8.87. The lowest BCUT2D eigenvalue weighted by Gasteiger charge is -2.17. The van der Waals surface area contributed by atoms with Crippen LogP contribution in [0.25, 0.3) is 0 Å². The monoisotopic (exact) mass is 242 g/mol. The van der Waals surface area contributed by atoms with Gasteiger partial charge in [-0.05, 0) is 18.3 Å². The number of nitrogens with one attached hydrogen (secondary N) is 1. The number of anilines is 2. The second-order valence-corrected chi connectivity index (χ2v) is 5.03. The van der Waals surface area contributed by atoms with E-state index in [0.29, 0.717) is 22.5 Å². The molecule has 88 valence electrons. The van der Waals surface area contributed by atoms with Crippen molar-refractivity contribution in [3.63, 3.8) is 0 Å². The number of nitrogens with zero attached hydrogens (tertiary/aromatic N) is 1. The normalized spacial score (nSPS) is 14.8. The molecule has 16 heavy (non-hydrogen) atoms. The Morgan fingerprint density at radius 2 is 2.25 bits per heavy atom. The van der Waals surface area contributed by atoms with E-state index < -0.39 is 11.6 Å². The van der Waals surface area contributed by atoms with Gasteiger partial charge in [-0.25, -0.2) is 4.98 Å². The first-order valence-electron chi connectivity index (χ1n) is 6.26. The zero-order valence-corrected chi connectivity index (χ0v) is 10.3. The van der Waals surface area contributed by atoms with Gasteiger partial charge in [0.15, 0.2) is 0 Å². The number of aromatic nitrogens is 1. The number of carbonyl (C=O) groups is 1. The molecule has 1 heterocycles. The third-order valence-corrected chi connectivity index (χ3v) is 2.48. The molecule has 1 amide bonds. The van der Waals surface area contributed by atoms with Crippen molar-refractivity contribution in [2.24, 2.45) is 5.41 Å². The molecule has 0 fully saturated rings. The van der Waals surface area contributed by atoms with Crippen LogP contribution < -0.4 is 11.1 Å². The van der Waals surface area contributed by atoms with E-state index >= 15 is 0 Å². The van der Waals surface area contributed by atoms with Crippen LogP contribution in [0.1, 0.15) is 24.9 Å². The third kappa shape index (κ3) is 3.13. The number of hydrogen-bond donors (Lipinski definition) is 2. The summed E-state index contributed by atoms with van der Waals surface area (Å²) < 4.78 is 21.5. The molecule has 0 unspecified atom stereocenters. The SMILES string of the molecule is [2H]C([2H])([2H])Sc1ccc(NC(=O)C(C)(C)C)nc1N. The fraction of sp³-hybridized carbons (Fsp3) is 0.455. The first-order valence-corrected chi connectivity index (χ1v) is 5.58. The van der Waals surface area contributed by atoms with E-state index in [2.05, 4.69) is 10.3 Å². The molecule has 1 aromatic heterocycles. The van der Waals surface area contributed by atoms with Gasteiger partial charge < -0.3 is 11.1 Å². The zero-order chi connectivity index (χ0) is 14.8. The Labute approximate surface area is 104 Å². The number of hydrogen-bond acceptors (Lipinski definition) is 4. The van der Waals surface area contributed by atoms with Crippen molar-refractivity contribution in [2.75, 3.05) is 17.2 Å². The summed E-state index contributed by atoms with van der Waals surface area (Å²) in [6.07, 6.45) is -2.17. The van der Waals surface area contributed by atoms with Crippen LogP contribution in [0, 0.1) is 5.41 Å². The summed E-state index contributed by atoms with van der Waals surface area (Å²) in [5, 5.41) is 2.63. The smallest absolute Gasteiger partial charge is 0.230 e. The molecule has 0 aliphatic rings. The van der Waals surface area contributed by atoms with Gasteiger partial charge in [0.2, 0.25) is 5.91 Å². The lowest BCUT2D eigenvalue weighted by molar-refractivity contribution is -0.123. The van der Waals surface area contributed by atoms with Crippen molar-refractivity contribution in [1.29, 1.82) is 0 Å². The molecule has 5 heteroatoms. The van der Waals surface area contributed by atoms with Crippen molar-refractivity contribution in [3.05, 3.63) is 12.1 Å². The molecule has 4 nitrogen and oxygen atoms in total. The summed E-state index contributed by atoms with van der Waals surface area (Å²) in [6, 6.07) is 3.08. The summed E-state index contributed by atoms with van der Waals surface area (Å²) in [6.45, 7) is 5.35. The van der Waals surface area contributed by atoms with Gasteiger partial charge in [0.25, 0.3) is 0 Å². The minimum Gasteiger partial charge on any atom is -0.383 e. The Hall–Kier alpha value is -1.23. The van der Waals surface area contributed by atoms with Crippen molar-refractivity contribution in [1.82, 2.24) is 4.98 Å². The minimum atomic E-state index is -2.17. The lowest BCUT2D eigenvalue weighted by Crippen LogP contribution is -2.28. The fourth-order valence-electron chi connectivity index (χ4n) is 0.922. The van der Waals surface area contributed by atoms with Crippen LogP contribution in [0.4, 0.5) is 11.6 Å². The van der Waals surface area contributed by atoms with Crippen molar-refractivity contribution in [3.8, 4) is 0 Å². The molecule has 0 aliphatic heterocycles. The van der Waals surface area contributed by atoms with Crippen molar-refractivity contribution >= 4 is 29.3 Å². The van der Waals surface area contributed by atoms with Crippen LogP contribution >= 0.6 is 11.8 Å². The molecule has 1 aromatic rings. The molecule has 1 rings (SSSR count). The Balaban J connectivity index is 2.86. The van der Waals surface area contributed by atoms with Gasteiger partial charge in [0, 0.05) is 14.4 Å². The summed E-state index contributed by atoms with van der Waals surface area (Å²) in [5.41, 5.74) is 5.14. The highest BCUT2D eigenvalue weighted by Crippen LogP contribution is 2.23. The highest BCUT2D eigenvalue weighted by molar-refractivity contribution is 7.98. The molecule has 0 aliphatic carbocycles. The largest absolute Gasteiger partial charge is 0.383 e. The van der Waals surface area contributed by atoms with Crippen LogP contribution in [0.5, 0.6) is 0 Å². The Bertz CT molecular complexity index is 483. The van der Waals surface area contributed by atoms with E-state index in [1.54, 1.807) is 20.8 Å². The van der Waals surface area contributed by atoms with Crippen molar-refractivity contribution < 1.29 is 8.91 Å². The van der Waals surface area contributed by atoms with Crippen LogP contribution in [0.3, 0.4) is 0 Å². The van der Waals surface area contributed by atoms with Crippen LogP contribution in [-0.2, 0) is 4.79 Å². The Morgan fingerprint density at radius 3 is 2.75 bits per heavy atom. The average Bonchev–Trinajstić information content (AvgIpc) is 2.19. The molecule has 0 bridgehead atoms. The predicted octanol–water partition coefficient (Wildman–Crippen LogP) is 2.37.